The van der Waals surface area contributed by atoms with E-state index in [1.807, 2.05) is 0 Å². The van der Waals surface area contributed by atoms with Crippen molar-refractivity contribution in [2.45, 2.75) is 31.1 Å². The number of rotatable bonds is 5. The van der Waals surface area contributed by atoms with Crippen molar-refractivity contribution in [2.24, 2.45) is 0 Å². The number of fused-ring (bicyclic) bond motifs is 1. The van der Waals surface area contributed by atoms with Crippen molar-refractivity contribution in [2.75, 3.05) is 5.32 Å². The number of alkyl halides is 2. The van der Waals surface area contributed by atoms with Crippen molar-refractivity contribution in [1.82, 2.24) is 4.72 Å². The van der Waals surface area contributed by atoms with E-state index < -0.39 is 22.2 Å². The first-order chi connectivity index (χ1) is 13.0. The molecule has 1 heterocycles. The maximum absolute atomic E-state index is 13.1. The number of carbonyl (C=O) groups excluding carboxylic acids is 1. The summed E-state index contributed by atoms with van der Waals surface area (Å²) in [7, 11) is -3.83. The number of benzene rings is 2. The number of amides is 1. The first-order valence-electron chi connectivity index (χ1n) is 8.00. The van der Waals surface area contributed by atoms with Crippen LogP contribution in [-0.4, -0.2) is 26.7 Å². The van der Waals surface area contributed by atoms with Gasteiger partial charge in [-0.15, -0.1) is 8.78 Å². The van der Waals surface area contributed by atoms with Crippen LogP contribution >= 0.6 is 11.6 Å². The molecular weight excluding hydrogens is 418 g/mol. The summed E-state index contributed by atoms with van der Waals surface area (Å²) in [5.74, 6) is -1.14. The van der Waals surface area contributed by atoms with E-state index in [4.69, 9.17) is 11.6 Å². The summed E-state index contributed by atoms with van der Waals surface area (Å²) >= 11 is 6.02. The Labute approximate surface area is 164 Å². The average molecular weight is 433 g/mol. The lowest BCUT2D eigenvalue weighted by molar-refractivity contribution is -0.286. The Morgan fingerprint density at radius 3 is 2.46 bits per heavy atom. The third-order valence-electron chi connectivity index (χ3n) is 3.54. The summed E-state index contributed by atoms with van der Waals surface area (Å²) in [6, 6.07) is 7.03. The summed E-state index contributed by atoms with van der Waals surface area (Å²) in [6.45, 7) is 3.31. The van der Waals surface area contributed by atoms with Crippen molar-refractivity contribution in [3.05, 3.63) is 47.0 Å². The molecule has 0 aromatic heterocycles. The third kappa shape index (κ3) is 4.34. The normalized spacial score (nSPS) is 14.9. The topological polar surface area (TPSA) is 93.7 Å². The Morgan fingerprint density at radius 2 is 1.79 bits per heavy atom. The lowest BCUT2D eigenvalue weighted by Gasteiger charge is -2.12. The maximum atomic E-state index is 13.1. The second-order valence-corrected chi connectivity index (χ2v) is 8.32. The van der Waals surface area contributed by atoms with Gasteiger partial charge >= 0.3 is 6.29 Å². The Kier molecular flexibility index (Phi) is 5.22. The Hall–Kier alpha value is -2.43. The van der Waals surface area contributed by atoms with E-state index in [0.29, 0.717) is 0 Å². The van der Waals surface area contributed by atoms with E-state index >= 15 is 0 Å². The minimum absolute atomic E-state index is 0.0215. The zero-order chi connectivity index (χ0) is 20.7. The lowest BCUT2D eigenvalue weighted by Crippen LogP contribution is -2.30. The van der Waals surface area contributed by atoms with Gasteiger partial charge in [-0.05, 0) is 44.2 Å². The van der Waals surface area contributed by atoms with Gasteiger partial charge in [0.1, 0.15) is 0 Å². The lowest BCUT2D eigenvalue weighted by atomic mass is 10.2. The molecule has 150 valence electrons. The van der Waals surface area contributed by atoms with Crippen molar-refractivity contribution in [3.8, 4) is 11.5 Å². The molecule has 7 nitrogen and oxygen atoms in total. The second-order valence-electron chi connectivity index (χ2n) is 6.20. The fourth-order valence-electron chi connectivity index (χ4n) is 2.45. The predicted octanol–water partition coefficient (Wildman–Crippen LogP) is 3.60. The van der Waals surface area contributed by atoms with Crippen molar-refractivity contribution in [1.29, 1.82) is 0 Å². The van der Waals surface area contributed by atoms with Crippen molar-refractivity contribution in [3.63, 3.8) is 0 Å². The molecule has 2 N–H and O–H groups in total. The van der Waals surface area contributed by atoms with Crippen LogP contribution in [0.15, 0.2) is 41.3 Å². The summed E-state index contributed by atoms with van der Waals surface area (Å²) in [5.41, 5.74) is 0.0333. The van der Waals surface area contributed by atoms with Crippen LogP contribution in [0.2, 0.25) is 5.02 Å². The molecule has 0 aliphatic carbocycles. The zero-order valence-electron chi connectivity index (χ0n) is 14.6. The Morgan fingerprint density at radius 1 is 1.11 bits per heavy atom. The summed E-state index contributed by atoms with van der Waals surface area (Å²) in [6.07, 6.45) is -3.78. The highest BCUT2D eigenvalue weighted by Gasteiger charge is 2.43. The highest BCUT2D eigenvalue weighted by atomic mass is 35.5. The SMILES string of the molecule is CC(C)NS(=O)(=O)c1ccc(Cl)c(C(=O)Nc2ccc3c(c2)OC(F)(F)O3)c1. The molecule has 28 heavy (non-hydrogen) atoms. The van der Waals surface area contributed by atoms with Crippen LogP contribution < -0.4 is 19.5 Å². The number of anilines is 1. The van der Waals surface area contributed by atoms with E-state index in [9.17, 15) is 22.0 Å². The molecule has 2 aromatic carbocycles. The fourth-order valence-corrected chi connectivity index (χ4v) is 3.93. The number of hydrogen-bond donors (Lipinski definition) is 2. The van der Waals surface area contributed by atoms with Crippen LogP contribution in [0, 0.1) is 0 Å². The largest absolute Gasteiger partial charge is 0.586 e. The van der Waals surface area contributed by atoms with E-state index in [0.717, 1.165) is 12.1 Å². The second kappa shape index (κ2) is 7.19. The molecule has 3 rings (SSSR count). The van der Waals surface area contributed by atoms with Gasteiger partial charge in [0.05, 0.1) is 15.5 Å². The minimum Gasteiger partial charge on any atom is -0.395 e. The van der Waals surface area contributed by atoms with Gasteiger partial charge in [0.15, 0.2) is 11.5 Å². The van der Waals surface area contributed by atoms with Crippen LogP contribution in [0.1, 0.15) is 24.2 Å². The van der Waals surface area contributed by atoms with Gasteiger partial charge < -0.3 is 14.8 Å². The molecule has 2 aromatic rings. The summed E-state index contributed by atoms with van der Waals surface area (Å²) in [4.78, 5) is 12.4. The van der Waals surface area contributed by atoms with Crippen LogP contribution in [-0.2, 0) is 10.0 Å². The van der Waals surface area contributed by atoms with E-state index in [-0.39, 0.29) is 38.7 Å². The van der Waals surface area contributed by atoms with Crippen molar-refractivity contribution >= 4 is 33.2 Å². The molecule has 0 saturated carbocycles. The van der Waals surface area contributed by atoms with Gasteiger partial charge in [0.2, 0.25) is 10.0 Å². The number of carbonyl (C=O) groups is 1. The standard InChI is InChI=1S/C17H15ClF2N2O5S/c1-9(2)22-28(24,25)11-4-5-13(18)12(8-11)16(23)21-10-3-6-14-15(7-10)27-17(19,20)26-14/h3-9,22H,1-2H3,(H,21,23). The monoisotopic (exact) mass is 432 g/mol. The van der Waals surface area contributed by atoms with Crippen LogP contribution in [0.5, 0.6) is 11.5 Å². The molecular formula is C17H15ClF2N2O5S. The van der Waals surface area contributed by atoms with Gasteiger partial charge in [0, 0.05) is 17.8 Å². The summed E-state index contributed by atoms with van der Waals surface area (Å²) in [5, 5.41) is 2.48. The van der Waals surface area contributed by atoms with Gasteiger partial charge in [0.25, 0.3) is 5.91 Å². The molecule has 1 aliphatic rings. The molecule has 0 bridgehead atoms. The molecule has 0 saturated heterocycles. The molecule has 0 fully saturated rings. The van der Waals surface area contributed by atoms with Gasteiger partial charge in [-0.1, -0.05) is 11.6 Å². The number of halogens is 3. The van der Waals surface area contributed by atoms with E-state index in [1.54, 1.807) is 13.8 Å². The minimum atomic E-state index is -3.83. The van der Waals surface area contributed by atoms with E-state index in [2.05, 4.69) is 19.5 Å². The fraction of sp³-hybridized carbons (Fsp3) is 0.235. The number of hydrogen-bond acceptors (Lipinski definition) is 5. The zero-order valence-corrected chi connectivity index (χ0v) is 16.2. The Balaban J connectivity index is 1.85. The third-order valence-corrected chi connectivity index (χ3v) is 5.53. The van der Waals surface area contributed by atoms with Gasteiger partial charge in [-0.3, -0.25) is 4.79 Å². The first kappa shape index (κ1) is 20.3. The van der Waals surface area contributed by atoms with Crippen molar-refractivity contribution < 1.29 is 31.5 Å². The molecule has 0 spiro atoms. The average Bonchev–Trinajstić information content (AvgIpc) is 2.86. The van der Waals surface area contributed by atoms with Crippen LogP contribution in [0.25, 0.3) is 0 Å². The molecule has 1 amide bonds. The first-order valence-corrected chi connectivity index (χ1v) is 9.86. The highest BCUT2D eigenvalue weighted by Crippen LogP contribution is 2.42. The molecule has 0 atom stereocenters. The van der Waals surface area contributed by atoms with E-state index in [1.165, 1.54) is 24.3 Å². The highest BCUT2D eigenvalue weighted by molar-refractivity contribution is 7.89. The Bertz CT molecular complexity index is 1040. The smallest absolute Gasteiger partial charge is 0.395 e. The number of ether oxygens (including phenoxy) is 2. The van der Waals surface area contributed by atoms with Crippen LogP contribution in [0.4, 0.5) is 14.5 Å². The molecule has 11 heteroatoms. The van der Waals surface area contributed by atoms with Gasteiger partial charge in [-0.2, -0.15) is 0 Å². The number of nitrogens with one attached hydrogen (secondary N) is 2. The number of sulfonamides is 1. The molecule has 0 radical (unpaired) electrons. The maximum Gasteiger partial charge on any atom is 0.586 e. The quantitative estimate of drug-likeness (QED) is 0.753. The van der Waals surface area contributed by atoms with Crippen LogP contribution in [0.3, 0.4) is 0 Å². The molecule has 0 unspecified atom stereocenters. The predicted molar refractivity (Wildman–Crippen MR) is 97.5 cm³/mol. The van der Waals surface area contributed by atoms with Gasteiger partial charge in [-0.25, -0.2) is 13.1 Å². The summed E-state index contributed by atoms with van der Waals surface area (Å²) < 4.78 is 61.8. The molecule has 1 aliphatic heterocycles.